The molecule has 8 heteroatoms. The fourth-order valence-corrected chi connectivity index (χ4v) is 3.42. The number of halogens is 2. The average Bonchev–Trinajstić information content (AvgIpc) is 2.30. The zero-order valence-corrected chi connectivity index (χ0v) is 12.3. The van der Waals surface area contributed by atoms with Crippen LogP contribution in [0, 0.1) is 19.7 Å². The summed E-state index contributed by atoms with van der Waals surface area (Å²) in [5.74, 6) is -0.442. The first-order valence-electron chi connectivity index (χ1n) is 5.57. The van der Waals surface area contributed by atoms with E-state index in [1.807, 2.05) is 0 Å². The number of nitrogens with one attached hydrogen (secondary N) is 1. The Bertz CT molecular complexity index is 725. The fourth-order valence-electron chi connectivity index (χ4n) is 1.87. The van der Waals surface area contributed by atoms with Crippen molar-refractivity contribution < 1.29 is 12.8 Å². The number of aromatic nitrogens is 2. The third-order valence-electron chi connectivity index (χ3n) is 2.55. The summed E-state index contributed by atoms with van der Waals surface area (Å²) in [6.45, 7) is 3.05. The molecule has 1 heterocycles. The summed E-state index contributed by atoms with van der Waals surface area (Å²) in [7, 11) is -3.87. The third kappa shape index (κ3) is 3.05. The van der Waals surface area contributed by atoms with Crippen LogP contribution in [0.2, 0.25) is 5.15 Å². The van der Waals surface area contributed by atoms with Gasteiger partial charge in [0.15, 0.2) is 5.82 Å². The van der Waals surface area contributed by atoms with Gasteiger partial charge in [-0.25, -0.2) is 22.8 Å². The Morgan fingerprint density at radius 1 is 1.15 bits per heavy atom. The topological polar surface area (TPSA) is 72.0 Å². The van der Waals surface area contributed by atoms with Crippen LogP contribution in [0.1, 0.15) is 11.1 Å². The summed E-state index contributed by atoms with van der Waals surface area (Å²) in [5.41, 5.74) is 0.633. The van der Waals surface area contributed by atoms with Crippen LogP contribution < -0.4 is 4.72 Å². The van der Waals surface area contributed by atoms with Crippen molar-refractivity contribution in [3.05, 3.63) is 46.6 Å². The second kappa shape index (κ2) is 5.34. The number of aryl methyl sites for hydroxylation is 2. The molecule has 0 saturated carbocycles. The predicted octanol–water partition coefficient (Wildman–Crippen LogP) is 2.69. The highest BCUT2D eigenvalue weighted by molar-refractivity contribution is 7.92. The minimum atomic E-state index is -3.87. The van der Waals surface area contributed by atoms with Crippen LogP contribution in [0.4, 0.5) is 10.2 Å². The van der Waals surface area contributed by atoms with Gasteiger partial charge in [0.25, 0.3) is 10.0 Å². The molecule has 0 amide bonds. The van der Waals surface area contributed by atoms with E-state index in [0.29, 0.717) is 11.1 Å². The van der Waals surface area contributed by atoms with Gasteiger partial charge in [-0.05, 0) is 37.1 Å². The van der Waals surface area contributed by atoms with Crippen molar-refractivity contribution in [3.8, 4) is 0 Å². The maximum Gasteiger partial charge on any atom is 0.263 e. The lowest BCUT2D eigenvalue weighted by molar-refractivity contribution is 0.597. The van der Waals surface area contributed by atoms with Crippen LogP contribution in [0.15, 0.2) is 29.4 Å². The molecule has 106 valence electrons. The molecular weight excluding hydrogens is 305 g/mol. The Morgan fingerprint density at radius 2 is 1.75 bits per heavy atom. The van der Waals surface area contributed by atoms with E-state index in [1.54, 1.807) is 0 Å². The highest BCUT2D eigenvalue weighted by atomic mass is 35.5. The quantitative estimate of drug-likeness (QED) is 0.945. The van der Waals surface area contributed by atoms with Crippen molar-refractivity contribution in [1.82, 2.24) is 9.97 Å². The Balaban J connectivity index is 2.43. The molecule has 0 aliphatic carbocycles. The van der Waals surface area contributed by atoms with Crippen LogP contribution in [-0.2, 0) is 10.0 Å². The van der Waals surface area contributed by atoms with Gasteiger partial charge in [-0.3, -0.25) is 4.72 Å². The minimum Gasteiger partial charge on any atom is -0.262 e. The van der Waals surface area contributed by atoms with Gasteiger partial charge in [-0.1, -0.05) is 11.6 Å². The Morgan fingerprint density at radius 3 is 2.25 bits per heavy atom. The molecule has 0 aliphatic heterocycles. The highest BCUT2D eigenvalue weighted by Crippen LogP contribution is 2.23. The van der Waals surface area contributed by atoms with E-state index in [-0.39, 0.29) is 15.9 Å². The monoisotopic (exact) mass is 315 g/mol. The molecule has 2 rings (SSSR count). The standard InChI is InChI=1S/C12H11ClFN3O2S/c1-7-3-9(14)4-8(2)12(7)20(18,19)17-11-6-15-10(13)5-16-11/h3-6H,1-2H3,(H,16,17). The van der Waals surface area contributed by atoms with Gasteiger partial charge in [-0.2, -0.15) is 0 Å². The van der Waals surface area contributed by atoms with Gasteiger partial charge in [0.2, 0.25) is 0 Å². The first-order valence-corrected chi connectivity index (χ1v) is 7.43. The van der Waals surface area contributed by atoms with E-state index in [4.69, 9.17) is 11.6 Å². The van der Waals surface area contributed by atoms with Crippen molar-refractivity contribution >= 4 is 27.4 Å². The maximum absolute atomic E-state index is 13.2. The number of benzene rings is 1. The van der Waals surface area contributed by atoms with Gasteiger partial charge >= 0.3 is 0 Å². The molecule has 2 aromatic rings. The van der Waals surface area contributed by atoms with Crippen molar-refractivity contribution in [2.75, 3.05) is 4.72 Å². The van der Waals surface area contributed by atoms with Gasteiger partial charge in [0.1, 0.15) is 11.0 Å². The SMILES string of the molecule is Cc1cc(F)cc(C)c1S(=O)(=O)Nc1cnc(Cl)cn1. The van der Waals surface area contributed by atoms with Crippen LogP contribution >= 0.6 is 11.6 Å². The van der Waals surface area contributed by atoms with Crippen molar-refractivity contribution in [3.63, 3.8) is 0 Å². The number of anilines is 1. The number of hydrogen-bond acceptors (Lipinski definition) is 4. The summed E-state index contributed by atoms with van der Waals surface area (Å²) in [5, 5.41) is 0.155. The highest BCUT2D eigenvalue weighted by Gasteiger charge is 2.21. The fraction of sp³-hybridized carbons (Fsp3) is 0.167. The average molecular weight is 316 g/mol. The summed E-state index contributed by atoms with van der Waals surface area (Å²) in [6, 6.07) is 2.32. The van der Waals surface area contributed by atoms with E-state index in [2.05, 4.69) is 14.7 Å². The smallest absolute Gasteiger partial charge is 0.262 e. The van der Waals surface area contributed by atoms with Crippen molar-refractivity contribution in [2.45, 2.75) is 18.7 Å². The Labute approximate surface area is 120 Å². The van der Waals surface area contributed by atoms with Crippen LogP contribution in [0.5, 0.6) is 0 Å². The minimum absolute atomic E-state index is 0.0238. The first kappa shape index (κ1) is 14.7. The third-order valence-corrected chi connectivity index (χ3v) is 4.41. The number of sulfonamides is 1. The summed E-state index contributed by atoms with van der Waals surface area (Å²) in [4.78, 5) is 7.56. The van der Waals surface area contributed by atoms with E-state index >= 15 is 0 Å². The second-order valence-electron chi connectivity index (χ2n) is 4.20. The van der Waals surface area contributed by atoms with E-state index in [1.165, 1.54) is 26.2 Å². The molecule has 5 nitrogen and oxygen atoms in total. The first-order chi connectivity index (χ1) is 9.29. The molecule has 0 unspecified atom stereocenters. The zero-order chi connectivity index (χ0) is 14.9. The van der Waals surface area contributed by atoms with Crippen molar-refractivity contribution in [1.29, 1.82) is 0 Å². The molecule has 0 spiro atoms. The second-order valence-corrected chi connectivity index (χ2v) is 6.21. The van der Waals surface area contributed by atoms with Gasteiger partial charge in [-0.15, -0.1) is 0 Å². The normalized spacial score (nSPS) is 11.4. The summed E-state index contributed by atoms with van der Waals surface area (Å²) < 4.78 is 40.1. The summed E-state index contributed by atoms with van der Waals surface area (Å²) >= 11 is 5.58. The number of rotatable bonds is 3. The molecular formula is C12H11ClFN3O2S. The summed E-state index contributed by atoms with van der Waals surface area (Å²) in [6.07, 6.45) is 2.43. The Kier molecular flexibility index (Phi) is 3.92. The molecule has 0 radical (unpaired) electrons. The van der Waals surface area contributed by atoms with Crippen LogP contribution in [0.25, 0.3) is 0 Å². The van der Waals surface area contributed by atoms with Crippen molar-refractivity contribution in [2.24, 2.45) is 0 Å². The lowest BCUT2D eigenvalue weighted by Gasteiger charge is -2.12. The van der Waals surface area contributed by atoms with E-state index < -0.39 is 15.8 Å². The van der Waals surface area contributed by atoms with Gasteiger partial charge in [0, 0.05) is 0 Å². The van der Waals surface area contributed by atoms with E-state index in [0.717, 1.165) is 12.1 Å². The maximum atomic E-state index is 13.2. The molecule has 1 N–H and O–H groups in total. The number of hydrogen-bond donors (Lipinski definition) is 1. The van der Waals surface area contributed by atoms with Gasteiger partial charge < -0.3 is 0 Å². The molecule has 0 atom stereocenters. The van der Waals surface area contributed by atoms with Crippen LogP contribution in [-0.4, -0.2) is 18.4 Å². The predicted molar refractivity (Wildman–Crippen MR) is 73.7 cm³/mol. The molecule has 0 bridgehead atoms. The zero-order valence-electron chi connectivity index (χ0n) is 10.7. The number of nitrogens with zero attached hydrogens (tertiary/aromatic N) is 2. The molecule has 0 fully saturated rings. The lowest BCUT2D eigenvalue weighted by atomic mass is 10.1. The largest absolute Gasteiger partial charge is 0.263 e. The van der Waals surface area contributed by atoms with Crippen LogP contribution in [0.3, 0.4) is 0 Å². The Hall–Kier alpha value is -1.73. The molecule has 0 aliphatic rings. The van der Waals surface area contributed by atoms with Gasteiger partial charge in [0.05, 0.1) is 17.3 Å². The molecule has 1 aromatic heterocycles. The molecule has 0 saturated heterocycles. The molecule has 1 aromatic carbocycles. The molecule has 20 heavy (non-hydrogen) atoms. The van der Waals surface area contributed by atoms with E-state index in [9.17, 15) is 12.8 Å². The lowest BCUT2D eigenvalue weighted by Crippen LogP contribution is -2.17.